The van der Waals surface area contributed by atoms with Crippen LogP contribution >= 0.6 is 0 Å². The molecule has 4 nitrogen and oxygen atoms in total. The third kappa shape index (κ3) is 1.38. The van der Waals surface area contributed by atoms with Crippen molar-refractivity contribution in [1.82, 2.24) is 5.32 Å². The monoisotopic (exact) mass is 218 g/mol. The van der Waals surface area contributed by atoms with Gasteiger partial charge >= 0.3 is 5.97 Å². The Morgan fingerprint density at radius 1 is 1.38 bits per heavy atom. The van der Waals surface area contributed by atoms with Crippen molar-refractivity contribution in [2.45, 2.75) is 24.4 Å². The lowest BCUT2D eigenvalue weighted by atomic mass is 9.85. The van der Waals surface area contributed by atoms with Crippen LogP contribution in [0.2, 0.25) is 0 Å². The van der Waals surface area contributed by atoms with Crippen molar-refractivity contribution in [3.05, 3.63) is 29.8 Å². The molecule has 0 saturated carbocycles. The highest BCUT2D eigenvalue weighted by Gasteiger charge is 2.39. The highest BCUT2D eigenvalue weighted by atomic mass is 16.4. The van der Waals surface area contributed by atoms with Gasteiger partial charge in [-0.2, -0.15) is 0 Å². The molecular weight excluding hydrogens is 204 g/mol. The molecule has 16 heavy (non-hydrogen) atoms. The van der Waals surface area contributed by atoms with E-state index >= 15 is 0 Å². The molecule has 0 bridgehead atoms. The fourth-order valence-corrected chi connectivity index (χ4v) is 2.75. The maximum Gasteiger partial charge on any atom is 0.320 e. The van der Waals surface area contributed by atoms with Crippen LogP contribution in [0.5, 0.6) is 0 Å². The van der Waals surface area contributed by atoms with Crippen LogP contribution in [-0.4, -0.2) is 29.7 Å². The van der Waals surface area contributed by atoms with Crippen LogP contribution in [0.15, 0.2) is 24.3 Å². The number of carboxylic acid groups (broad SMARTS) is 1. The van der Waals surface area contributed by atoms with Crippen molar-refractivity contribution in [1.29, 1.82) is 0 Å². The van der Waals surface area contributed by atoms with Gasteiger partial charge in [-0.3, -0.25) is 4.79 Å². The molecule has 1 aromatic carbocycles. The highest BCUT2D eigenvalue weighted by Crippen LogP contribution is 2.40. The zero-order valence-electron chi connectivity index (χ0n) is 8.81. The largest absolute Gasteiger partial charge is 0.480 e. The van der Waals surface area contributed by atoms with E-state index in [-0.39, 0.29) is 0 Å². The SMILES string of the molecule is O=C(O)C1CC2c3ccccc3NC2CN1. The molecule has 0 spiro atoms. The molecule has 1 aromatic rings. The Kier molecular flexibility index (Phi) is 2.11. The van der Waals surface area contributed by atoms with Gasteiger partial charge in [-0.05, 0) is 18.1 Å². The molecule has 0 aromatic heterocycles. The van der Waals surface area contributed by atoms with Crippen LogP contribution in [-0.2, 0) is 4.79 Å². The number of nitrogens with one attached hydrogen (secondary N) is 2. The normalized spacial score (nSPS) is 31.4. The number of para-hydroxylation sites is 1. The number of anilines is 1. The average molecular weight is 218 g/mol. The Morgan fingerprint density at radius 3 is 3.00 bits per heavy atom. The van der Waals surface area contributed by atoms with Gasteiger partial charge in [-0.15, -0.1) is 0 Å². The lowest BCUT2D eigenvalue weighted by molar-refractivity contribution is -0.140. The van der Waals surface area contributed by atoms with Gasteiger partial charge in [0, 0.05) is 24.2 Å². The van der Waals surface area contributed by atoms with E-state index < -0.39 is 12.0 Å². The smallest absolute Gasteiger partial charge is 0.320 e. The van der Waals surface area contributed by atoms with Crippen molar-refractivity contribution in [3.8, 4) is 0 Å². The highest BCUT2D eigenvalue weighted by molar-refractivity contribution is 5.74. The summed E-state index contributed by atoms with van der Waals surface area (Å²) in [5.74, 6) is -0.415. The number of carboxylic acids is 1. The number of piperidine rings is 1. The van der Waals surface area contributed by atoms with Crippen molar-refractivity contribution >= 4 is 11.7 Å². The minimum absolute atomic E-state index is 0.332. The van der Waals surface area contributed by atoms with Crippen molar-refractivity contribution in [2.75, 3.05) is 11.9 Å². The van der Waals surface area contributed by atoms with Gasteiger partial charge in [0.05, 0.1) is 0 Å². The number of fused-ring (bicyclic) bond motifs is 3. The van der Waals surface area contributed by atoms with Crippen molar-refractivity contribution in [2.24, 2.45) is 0 Å². The number of hydrogen-bond donors (Lipinski definition) is 3. The lowest BCUT2D eigenvalue weighted by Crippen LogP contribution is -2.50. The molecule has 4 heteroatoms. The standard InChI is InChI=1S/C12H14N2O2/c15-12(16)10-5-8-7-3-1-2-4-9(7)14-11(8)6-13-10/h1-4,8,10-11,13-14H,5-6H2,(H,15,16). The number of aliphatic carboxylic acids is 1. The number of hydrogen-bond acceptors (Lipinski definition) is 3. The summed E-state index contributed by atoms with van der Waals surface area (Å²) in [7, 11) is 0. The van der Waals surface area contributed by atoms with E-state index in [9.17, 15) is 4.79 Å². The Bertz CT molecular complexity index is 433. The van der Waals surface area contributed by atoms with E-state index in [1.54, 1.807) is 0 Å². The van der Waals surface area contributed by atoms with Gasteiger partial charge in [-0.25, -0.2) is 0 Å². The van der Waals surface area contributed by atoms with Crippen LogP contribution in [0, 0.1) is 0 Å². The fraction of sp³-hybridized carbons (Fsp3) is 0.417. The molecule has 0 radical (unpaired) electrons. The minimum Gasteiger partial charge on any atom is -0.480 e. The molecule has 3 unspecified atom stereocenters. The zero-order chi connectivity index (χ0) is 11.1. The van der Waals surface area contributed by atoms with Crippen molar-refractivity contribution in [3.63, 3.8) is 0 Å². The molecule has 84 valence electrons. The Morgan fingerprint density at radius 2 is 2.19 bits per heavy atom. The molecule has 3 N–H and O–H groups in total. The molecule has 2 aliphatic rings. The van der Waals surface area contributed by atoms with Crippen LogP contribution in [0.4, 0.5) is 5.69 Å². The first-order valence-electron chi connectivity index (χ1n) is 5.57. The van der Waals surface area contributed by atoms with Crippen LogP contribution in [0.3, 0.4) is 0 Å². The quantitative estimate of drug-likeness (QED) is 0.658. The molecule has 1 fully saturated rings. The van der Waals surface area contributed by atoms with E-state index in [0.29, 0.717) is 18.4 Å². The van der Waals surface area contributed by atoms with Gasteiger partial charge in [0.15, 0.2) is 0 Å². The molecular formula is C12H14N2O2. The third-order valence-electron chi connectivity index (χ3n) is 3.56. The second-order valence-electron chi connectivity index (χ2n) is 4.48. The first-order chi connectivity index (χ1) is 7.75. The Labute approximate surface area is 93.7 Å². The maximum absolute atomic E-state index is 11.0. The van der Waals surface area contributed by atoms with Crippen molar-refractivity contribution < 1.29 is 9.90 Å². The van der Waals surface area contributed by atoms with E-state index in [1.807, 2.05) is 12.1 Å². The molecule has 0 aliphatic carbocycles. The van der Waals surface area contributed by atoms with Crippen LogP contribution in [0.25, 0.3) is 0 Å². The lowest BCUT2D eigenvalue weighted by Gasteiger charge is -2.30. The summed E-state index contributed by atoms with van der Waals surface area (Å²) in [6.07, 6.45) is 0.671. The predicted molar refractivity (Wildman–Crippen MR) is 60.6 cm³/mol. The minimum atomic E-state index is -0.747. The molecule has 0 amide bonds. The van der Waals surface area contributed by atoms with E-state index in [4.69, 9.17) is 5.11 Å². The number of rotatable bonds is 1. The van der Waals surface area contributed by atoms with E-state index in [1.165, 1.54) is 5.56 Å². The van der Waals surface area contributed by atoms with E-state index in [0.717, 1.165) is 12.2 Å². The molecule has 2 aliphatic heterocycles. The predicted octanol–water partition coefficient (Wildman–Crippen LogP) is 1.01. The Balaban J connectivity index is 1.89. The van der Waals surface area contributed by atoms with Gasteiger partial charge in [0.1, 0.15) is 6.04 Å². The molecule has 1 saturated heterocycles. The van der Waals surface area contributed by atoms with Crippen LogP contribution < -0.4 is 10.6 Å². The topological polar surface area (TPSA) is 61.4 Å². The summed E-state index contributed by atoms with van der Waals surface area (Å²) in [6, 6.07) is 8.11. The fourth-order valence-electron chi connectivity index (χ4n) is 2.75. The molecule has 2 heterocycles. The maximum atomic E-state index is 11.0. The second kappa shape index (κ2) is 3.49. The zero-order valence-corrected chi connectivity index (χ0v) is 8.81. The first kappa shape index (κ1) is 9.66. The number of carbonyl (C=O) groups is 1. The molecule has 3 atom stereocenters. The van der Waals surface area contributed by atoms with Gasteiger partial charge in [0.2, 0.25) is 0 Å². The summed E-state index contributed by atoms with van der Waals surface area (Å²) in [6.45, 7) is 0.719. The average Bonchev–Trinajstić information content (AvgIpc) is 2.66. The van der Waals surface area contributed by atoms with Gasteiger partial charge in [-0.1, -0.05) is 18.2 Å². The summed E-state index contributed by atoms with van der Waals surface area (Å²) in [5, 5.41) is 15.5. The summed E-state index contributed by atoms with van der Waals surface area (Å²) >= 11 is 0. The van der Waals surface area contributed by atoms with Gasteiger partial charge in [0.25, 0.3) is 0 Å². The van der Waals surface area contributed by atoms with Gasteiger partial charge < -0.3 is 15.7 Å². The molecule has 3 rings (SSSR count). The number of benzene rings is 1. The summed E-state index contributed by atoms with van der Waals surface area (Å²) in [4.78, 5) is 11.0. The Hall–Kier alpha value is -1.55. The summed E-state index contributed by atoms with van der Waals surface area (Å²) < 4.78 is 0. The second-order valence-corrected chi connectivity index (χ2v) is 4.48. The van der Waals surface area contributed by atoms with E-state index in [2.05, 4.69) is 22.8 Å². The summed E-state index contributed by atoms with van der Waals surface area (Å²) in [5.41, 5.74) is 2.42. The third-order valence-corrected chi connectivity index (χ3v) is 3.56. The van der Waals surface area contributed by atoms with Crippen LogP contribution in [0.1, 0.15) is 17.9 Å². The first-order valence-corrected chi connectivity index (χ1v) is 5.57.